The molecule has 0 aromatic heterocycles. The van der Waals surface area contributed by atoms with Gasteiger partial charge < -0.3 is 9.64 Å². The van der Waals surface area contributed by atoms with Gasteiger partial charge in [-0.25, -0.2) is 9.18 Å². The van der Waals surface area contributed by atoms with E-state index in [4.69, 9.17) is 0 Å². The second-order valence-electron chi connectivity index (χ2n) is 3.11. The monoisotopic (exact) mass is 189 g/mol. The molecule has 1 fully saturated rings. The molecule has 0 aromatic carbocycles. The van der Waals surface area contributed by atoms with Gasteiger partial charge in [-0.2, -0.15) is 0 Å². The van der Waals surface area contributed by atoms with Gasteiger partial charge in [0.1, 0.15) is 0 Å². The highest BCUT2D eigenvalue weighted by atomic mass is 19.1. The van der Waals surface area contributed by atoms with E-state index in [1.54, 1.807) is 0 Å². The van der Waals surface area contributed by atoms with Gasteiger partial charge in [-0.1, -0.05) is 0 Å². The predicted molar refractivity (Wildman–Crippen MR) is 43.1 cm³/mol. The van der Waals surface area contributed by atoms with Gasteiger partial charge >= 0.3 is 6.09 Å². The Morgan fingerprint density at radius 1 is 1.54 bits per heavy atom. The summed E-state index contributed by atoms with van der Waals surface area (Å²) in [5, 5.41) is 0. The number of nitrogens with zero attached hydrogens (tertiary/aromatic N) is 1. The average molecular weight is 189 g/mol. The summed E-state index contributed by atoms with van der Waals surface area (Å²) in [7, 11) is 1.28. The molecule has 1 heterocycles. The quantitative estimate of drug-likeness (QED) is 0.572. The number of ether oxygens (including phenoxy) is 1. The summed E-state index contributed by atoms with van der Waals surface area (Å²) in [4.78, 5) is 22.7. The molecule has 0 bridgehead atoms. The second-order valence-corrected chi connectivity index (χ2v) is 3.11. The largest absolute Gasteiger partial charge is 0.453 e. The average Bonchev–Trinajstić information content (AvgIpc) is 2.18. The first-order chi connectivity index (χ1) is 6.11. The van der Waals surface area contributed by atoms with Gasteiger partial charge in [-0.15, -0.1) is 0 Å². The van der Waals surface area contributed by atoms with E-state index in [-0.39, 0.29) is 25.9 Å². The van der Waals surface area contributed by atoms with Crippen LogP contribution in [0.5, 0.6) is 0 Å². The summed E-state index contributed by atoms with van der Waals surface area (Å²) in [5.74, 6) is 0. The van der Waals surface area contributed by atoms with Gasteiger partial charge in [0.25, 0.3) is 0 Å². The van der Waals surface area contributed by atoms with Crippen molar-refractivity contribution in [3.05, 3.63) is 0 Å². The first kappa shape index (κ1) is 9.95. The zero-order valence-corrected chi connectivity index (χ0v) is 7.46. The van der Waals surface area contributed by atoms with Gasteiger partial charge in [0.15, 0.2) is 12.0 Å². The number of hydrogen-bond acceptors (Lipinski definition) is 3. The van der Waals surface area contributed by atoms with Crippen molar-refractivity contribution in [3.63, 3.8) is 0 Å². The lowest BCUT2D eigenvalue weighted by Crippen LogP contribution is -2.45. The summed E-state index contributed by atoms with van der Waals surface area (Å²) >= 11 is 0. The molecule has 5 heteroatoms. The summed E-state index contributed by atoms with van der Waals surface area (Å²) in [6.45, 7) is 0.476. The minimum Gasteiger partial charge on any atom is -0.453 e. The molecule has 4 nitrogen and oxygen atoms in total. The molecule has 1 aliphatic heterocycles. The van der Waals surface area contributed by atoms with Gasteiger partial charge in [0, 0.05) is 25.9 Å². The Morgan fingerprint density at radius 3 is 2.46 bits per heavy atom. The molecule has 0 unspecified atom stereocenters. The molecule has 0 aliphatic carbocycles. The van der Waals surface area contributed by atoms with E-state index in [1.165, 1.54) is 12.0 Å². The number of amides is 1. The third kappa shape index (κ3) is 2.17. The number of alkyl halides is 1. The summed E-state index contributed by atoms with van der Waals surface area (Å²) in [6, 6.07) is 0. The highest BCUT2D eigenvalue weighted by Gasteiger charge is 2.35. The van der Waals surface area contributed by atoms with E-state index in [9.17, 15) is 14.0 Å². The Labute approximate surface area is 75.6 Å². The molecule has 74 valence electrons. The van der Waals surface area contributed by atoms with Crippen LogP contribution in [0.25, 0.3) is 0 Å². The van der Waals surface area contributed by atoms with E-state index in [0.717, 1.165) is 0 Å². The SMILES string of the molecule is COC(=O)N1CCC(F)(C=O)CC1. The van der Waals surface area contributed by atoms with Crippen LogP contribution >= 0.6 is 0 Å². The molecular weight excluding hydrogens is 177 g/mol. The van der Waals surface area contributed by atoms with Gasteiger partial charge in [-0.3, -0.25) is 4.79 Å². The number of carbonyl (C=O) groups excluding carboxylic acids is 2. The van der Waals surface area contributed by atoms with E-state index in [2.05, 4.69) is 4.74 Å². The number of methoxy groups -OCH3 is 1. The number of likely N-dealkylation sites (tertiary alicyclic amines) is 1. The number of hydrogen-bond donors (Lipinski definition) is 0. The zero-order valence-electron chi connectivity index (χ0n) is 7.46. The molecule has 0 saturated carbocycles. The first-order valence-corrected chi connectivity index (χ1v) is 4.09. The third-order valence-corrected chi connectivity index (χ3v) is 2.24. The lowest BCUT2D eigenvalue weighted by Gasteiger charge is -2.31. The molecule has 1 saturated heterocycles. The van der Waals surface area contributed by atoms with E-state index < -0.39 is 11.8 Å². The molecular formula is C8H12FNO3. The van der Waals surface area contributed by atoms with Crippen LogP contribution in [0, 0.1) is 0 Å². The maximum atomic E-state index is 13.3. The third-order valence-electron chi connectivity index (χ3n) is 2.24. The van der Waals surface area contributed by atoms with Crippen LogP contribution in [-0.4, -0.2) is 43.1 Å². The van der Waals surface area contributed by atoms with Crippen LogP contribution in [-0.2, 0) is 9.53 Å². The van der Waals surface area contributed by atoms with Crippen molar-refractivity contribution in [1.29, 1.82) is 0 Å². The highest BCUT2D eigenvalue weighted by molar-refractivity contribution is 5.69. The zero-order chi connectivity index (χ0) is 9.90. The molecule has 0 N–H and O–H groups in total. The van der Waals surface area contributed by atoms with Gasteiger partial charge in [0.2, 0.25) is 0 Å². The van der Waals surface area contributed by atoms with Crippen LogP contribution in [0.4, 0.5) is 9.18 Å². The maximum Gasteiger partial charge on any atom is 0.409 e. The van der Waals surface area contributed by atoms with Crippen molar-refractivity contribution in [2.75, 3.05) is 20.2 Å². The Morgan fingerprint density at radius 2 is 2.08 bits per heavy atom. The van der Waals surface area contributed by atoms with Crippen molar-refractivity contribution < 1.29 is 18.7 Å². The smallest absolute Gasteiger partial charge is 0.409 e. The second kappa shape index (κ2) is 3.72. The van der Waals surface area contributed by atoms with Crippen molar-refractivity contribution in [1.82, 2.24) is 4.90 Å². The predicted octanol–water partition coefficient (Wildman–Crippen LogP) is 0.756. The number of piperidine rings is 1. The number of carbonyl (C=O) groups is 2. The topological polar surface area (TPSA) is 46.6 Å². The summed E-state index contributed by atoms with van der Waals surface area (Å²) in [6.07, 6.45) is -0.0216. The molecule has 13 heavy (non-hydrogen) atoms. The highest BCUT2D eigenvalue weighted by Crippen LogP contribution is 2.24. The molecule has 0 radical (unpaired) electrons. The fraction of sp³-hybridized carbons (Fsp3) is 0.750. The Kier molecular flexibility index (Phi) is 2.85. The maximum absolute atomic E-state index is 13.3. The van der Waals surface area contributed by atoms with Crippen molar-refractivity contribution in [2.24, 2.45) is 0 Å². The van der Waals surface area contributed by atoms with E-state index >= 15 is 0 Å². The number of halogens is 1. The van der Waals surface area contributed by atoms with E-state index in [0.29, 0.717) is 6.29 Å². The van der Waals surface area contributed by atoms with Crippen LogP contribution in [0.15, 0.2) is 0 Å². The van der Waals surface area contributed by atoms with Crippen LogP contribution < -0.4 is 0 Å². The van der Waals surface area contributed by atoms with Crippen molar-refractivity contribution in [3.8, 4) is 0 Å². The molecule has 0 spiro atoms. The Balaban J connectivity index is 2.47. The molecule has 1 amide bonds. The Hall–Kier alpha value is -1.13. The van der Waals surface area contributed by atoms with Crippen molar-refractivity contribution in [2.45, 2.75) is 18.5 Å². The number of aldehydes is 1. The van der Waals surface area contributed by atoms with Gasteiger partial charge in [-0.05, 0) is 0 Å². The number of rotatable bonds is 1. The van der Waals surface area contributed by atoms with Crippen LogP contribution in [0.3, 0.4) is 0 Å². The lowest BCUT2D eigenvalue weighted by atomic mass is 9.95. The molecule has 1 rings (SSSR count). The fourth-order valence-corrected chi connectivity index (χ4v) is 1.31. The van der Waals surface area contributed by atoms with Crippen LogP contribution in [0.2, 0.25) is 0 Å². The fourth-order valence-electron chi connectivity index (χ4n) is 1.31. The lowest BCUT2D eigenvalue weighted by molar-refractivity contribution is -0.120. The molecule has 0 atom stereocenters. The minimum absolute atomic E-state index is 0.0611. The minimum atomic E-state index is -1.75. The first-order valence-electron chi connectivity index (χ1n) is 4.09. The normalized spacial score (nSPS) is 20.9. The van der Waals surface area contributed by atoms with Gasteiger partial charge in [0.05, 0.1) is 7.11 Å². The standard InChI is InChI=1S/C8H12FNO3/c1-13-7(12)10-4-2-8(9,6-11)3-5-10/h6H,2-5H2,1H3. The summed E-state index contributed by atoms with van der Waals surface area (Å²) in [5.41, 5.74) is -1.75. The van der Waals surface area contributed by atoms with E-state index in [1.807, 2.05) is 0 Å². The molecule has 0 aromatic rings. The molecule has 1 aliphatic rings. The summed E-state index contributed by atoms with van der Waals surface area (Å²) < 4.78 is 17.8. The van der Waals surface area contributed by atoms with Crippen LogP contribution in [0.1, 0.15) is 12.8 Å². The Bertz CT molecular complexity index is 211. The van der Waals surface area contributed by atoms with Crippen molar-refractivity contribution >= 4 is 12.4 Å².